The van der Waals surface area contributed by atoms with Crippen molar-refractivity contribution in [2.75, 3.05) is 6.61 Å². The number of ketones is 1. The van der Waals surface area contributed by atoms with Gasteiger partial charge in [0.05, 0.1) is 0 Å². The van der Waals surface area contributed by atoms with Crippen LogP contribution in [-0.2, 0) is 14.3 Å². The number of carbonyl (C=O) groups is 2. The molecule has 4 atom stereocenters. The van der Waals surface area contributed by atoms with Crippen molar-refractivity contribution in [1.82, 2.24) is 0 Å². The molecule has 38 heavy (non-hydrogen) atoms. The molecule has 6 rings (SSSR count). The van der Waals surface area contributed by atoms with Crippen LogP contribution in [0.4, 0.5) is 0 Å². The normalized spacial score (nSPS) is 26.1. The van der Waals surface area contributed by atoms with Crippen LogP contribution in [0.3, 0.4) is 0 Å². The van der Waals surface area contributed by atoms with Gasteiger partial charge in [-0.2, -0.15) is 10.9 Å². The summed E-state index contributed by atoms with van der Waals surface area (Å²) >= 11 is 0. The molecular formula is C33H36O4S. The molecule has 0 aromatic heterocycles. The number of ether oxygens (including phenoxy) is 2. The van der Waals surface area contributed by atoms with Gasteiger partial charge in [-0.15, -0.1) is 0 Å². The Morgan fingerprint density at radius 3 is 2.16 bits per heavy atom. The molecule has 0 spiro atoms. The molecule has 4 nitrogen and oxygen atoms in total. The van der Waals surface area contributed by atoms with E-state index in [1.54, 1.807) is 0 Å². The van der Waals surface area contributed by atoms with E-state index < -0.39 is 16.5 Å². The third-order valence-electron chi connectivity index (χ3n) is 8.79. The minimum absolute atomic E-state index is 0.0696. The number of fused-ring (bicyclic) bond motifs is 2. The second kappa shape index (κ2) is 10.3. The lowest BCUT2D eigenvalue weighted by molar-refractivity contribution is -0.184. The van der Waals surface area contributed by atoms with Crippen LogP contribution in [0.15, 0.2) is 87.5 Å². The second-order valence-electron chi connectivity index (χ2n) is 11.4. The van der Waals surface area contributed by atoms with Gasteiger partial charge in [-0.1, -0.05) is 36.4 Å². The Kier molecular flexibility index (Phi) is 6.81. The number of carbonyl (C=O) groups excluding carboxylic acids is 2. The molecule has 5 heteroatoms. The quantitative estimate of drug-likeness (QED) is 0.259. The Balaban J connectivity index is 1.18. The zero-order valence-electron chi connectivity index (χ0n) is 22.2. The number of hydrogen-bond donors (Lipinski definition) is 1. The van der Waals surface area contributed by atoms with Crippen molar-refractivity contribution >= 4 is 22.6 Å². The van der Waals surface area contributed by atoms with Crippen molar-refractivity contribution in [3.8, 4) is 5.75 Å². The molecule has 3 aromatic carbocycles. The Hall–Kier alpha value is -3.05. The van der Waals surface area contributed by atoms with Gasteiger partial charge >= 0.3 is 5.97 Å². The first kappa shape index (κ1) is 25.2. The number of rotatable bonds is 7. The van der Waals surface area contributed by atoms with E-state index >= 15 is 0 Å². The summed E-state index contributed by atoms with van der Waals surface area (Å²) in [4.78, 5) is 29.4. The van der Waals surface area contributed by atoms with Crippen molar-refractivity contribution < 1.29 is 19.1 Å². The first-order valence-corrected chi connectivity index (χ1v) is 15.1. The topological polar surface area (TPSA) is 52.6 Å². The molecule has 4 unspecified atom stereocenters. The van der Waals surface area contributed by atoms with Crippen molar-refractivity contribution in [1.29, 1.82) is 0 Å². The summed E-state index contributed by atoms with van der Waals surface area (Å²) in [5.41, 5.74) is 1.56. The van der Waals surface area contributed by atoms with Crippen molar-refractivity contribution in [3.63, 3.8) is 0 Å². The maximum atomic E-state index is 13.0. The Morgan fingerprint density at radius 1 is 0.895 bits per heavy atom. The smallest absolute Gasteiger partial charge is 0.344 e. The molecular weight excluding hydrogens is 492 g/mol. The van der Waals surface area contributed by atoms with Gasteiger partial charge in [0.25, 0.3) is 0 Å². The number of thiol groups is 1. The van der Waals surface area contributed by atoms with Crippen LogP contribution >= 0.6 is 10.9 Å². The number of aryl methyl sites for hydroxylation is 2. The summed E-state index contributed by atoms with van der Waals surface area (Å²) in [6.45, 7) is 3.99. The van der Waals surface area contributed by atoms with Crippen molar-refractivity contribution in [3.05, 3.63) is 83.9 Å². The lowest BCUT2D eigenvalue weighted by Crippen LogP contribution is -2.53. The van der Waals surface area contributed by atoms with E-state index in [0.29, 0.717) is 24.0 Å². The molecule has 198 valence electrons. The van der Waals surface area contributed by atoms with Crippen LogP contribution in [0.2, 0.25) is 0 Å². The van der Waals surface area contributed by atoms with Gasteiger partial charge in [0.15, 0.2) is 6.61 Å². The molecule has 0 N–H and O–H groups in total. The van der Waals surface area contributed by atoms with Gasteiger partial charge in [-0.25, -0.2) is 4.79 Å². The molecule has 0 saturated heterocycles. The maximum Gasteiger partial charge on any atom is 0.344 e. The highest BCUT2D eigenvalue weighted by Gasteiger charge is 2.53. The van der Waals surface area contributed by atoms with E-state index in [0.717, 1.165) is 49.0 Å². The number of benzene rings is 3. The van der Waals surface area contributed by atoms with Crippen molar-refractivity contribution in [2.24, 2.45) is 17.8 Å². The van der Waals surface area contributed by atoms with Crippen LogP contribution in [0, 0.1) is 31.6 Å². The fourth-order valence-corrected chi connectivity index (χ4v) is 9.63. The fourth-order valence-electron chi connectivity index (χ4n) is 7.15. The summed E-state index contributed by atoms with van der Waals surface area (Å²) in [7, 11) is -0.712. The highest BCUT2D eigenvalue weighted by molar-refractivity contribution is 8.17. The SMILES string of the molecule is Cc1cc([SH](c2ccccc2)c2ccccc2)cc(C)c1OCC(=O)OC12CCC3CC(=O)C(CC3C1)C2. The molecule has 0 radical (unpaired) electrons. The lowest BCUT2D eigenvalue weighted by Gasteiger charge is -2.53. The molecule has 0 amide bonds. The predicted molar refractivity (Wildman–Crippen MR) is 150 cm³/mol. The second-order valence-corrected chi connectivity index (χ2v) is 13.7. The Labute approximate surface area is 228 Å². The Bertz CT molecular complexity index is 1280. The van der Waals surface area contributed by atoms with E-state index in [2.05, 4.69) is 86.6 Å². The van der Waals surface area contributed by atoms with Crippen LogP contribution in [0.25, 0.3) is 0 Å². The maximum absolute atomic E-state index is 13.0. The van der Waals surface area contributed by atoms with Crippen LogP contribution in [0.5, 0.6) is 5.75 Å². The monoisotopic (exact) mass is 528 g/mol. The summed E-state index contributed by atoms with van der Waals surface area (Å²) in [6, 6.07) is 25.7. The van der Waals surface area contributed by atoms with E-state index in [9.17, 15) is 9.59 Å². The summed E-state index contributed by atoms with van der Waals surface area (Å²) < 4.78 is 12.2. The molecule has 3 aliphatic carbocycles. The molecule has 3 saturated carbocycles. The predicted octanol–water partition coefficient (Wildman–Crippen LogP) is 7.24. The Morgan fingerprint density at radius 2 is 1.53 bits per heavy atom. The molecule has 3 aromatic rings. The van der Waals surface area contributed by atoms with Gasteiger partial charge < -0.3 is 9.47 Å². The van der Waals surface area contributed by atoms with Gasteiger partial charge in [-0.3, -0.25) is 4.79 Å². The van der Waals surface area contributed by atoms with Crippen molar-refractivity contribution in [2.45, 2.75) is 72.7 Å². The van der Waals surface area contributed by atoms with Crippen LogP contribution < -0.4 is 4.74 Å². The van der Waals surface area contributed by atoms with Gasteiger partial charge in [-0.05, 0) is 120 Å². The summed E-state index contributed by atoms with van der Waals surface area (Å²) in [5, 5.41) is 0. The molecule has 0 aliphatic heterocycles. The van der Waals surface area contributed by atoms with Gasteiger partial charge in [0.1, 0.15) is 17.1 Å². The molecule has 3 fully saturated rings. The minimum atomic E-state index is -0.712. The van der Waals surface area contributed by atoms with E-state index in [-0.39, 0.29) is 18.5 Å². The highest BCUT2D eigenvalue weighted by Crippen LogP contribution is 2.55. The molecule has 3 bridgehead atoms. The zero-order chi connectivity index (χ0) is 26.3. The average Bonchev–Trinajstić information content (AvgIpc) is 2.90. The third kappa shape index (κ3) is 4.89. The largest absolute Gasteiger partial charge is 0.481 e. The zero-order valence-corrected chi connectivity index (χ0v) is 23.1. The van der Waals surface area contributed by atoms with E-state index in [1.807, 2.05) is 0 Å². The standard InChI is InChI=1S/C33H36O4S/c1-22-15-29(38(27-9-5-3-6-10-27)28-11-7-4-8-12-28)16-23(2)32(22)36-21-31(35)37-33-14-13-24-18-30(34)26(20-33)17-25(24)19-33/h3-12,15-16,24-26,38H,13-14,17-21H2,1-2H3. The van der Waals surface area contributed by atoms with Crippen LogP contribution in [-0.4, -0.2) is 24.0 Å². The average molecular weight is 529 g/mol. The van der Waals surface area contributed by atoms with Gasteiger partial charge in [0, 0.05) is 12.3 Å². The molecule has 3 aliphatic rings. The first-order valence-electron chi connectivity index (χ1n) is 13.8. The first-order chi connectivity index (χ1) is 18.4. The highest BCUT2D eigenvalue weighted by atomic mass is 32.2. The van der Waals surface area contributed by atoms with Crippen LogP contribution in [0.1, 0.15) is 49.7 Å². The number of Topliss-reactive ketones (excluding diaryl/α,β-unsaturated/α-hetero) is 1. The minimum Gasteiger partial charge on any atom is -0.481 e. The summed E-state index contributed by atoms with van der Waals surface area (Å²) in [6.07, 6.45) is 5.17. The molecule has 0 heterocycles. The fraction of sp³-hybridized carbons (Fsp3) is 0.394. The third-order valence-corrected chi connectivity index (χ3v) is 11.2. The van der Waals surface area contributed by atoms with E-state index in [4.69, 9.17) is 9.47 Å². The summed E-state index contributed by atoms with van der Waals surface area (Å²) in [5.74, 6) is 1.88. The number of esters is 1. The lowest BCUT2D eigenvalue weighted by atomic mass is 9.55. The van der Waals surface area contributed by atoms with E-state index in [1.165, 1.54) is 14.7 Å². The number of hydrogen-bond acceptors (Lipinski definition) is 4. The van der Waals surface area contributed by atoms with Gasteiger partial charge in [0.2, 0.25) is 0 Å².